The summed E-state index contributed by atoms with van der Waals surface area (Å²) < 4.78 is 7.12. The molecule has 0 aliphatic heterocycles. The van der Waals surface area contributed by atoms with Crippen LogP contribution < -0.4 is 10.3 Å². The molecule has 6 heteroatoms. The number of hydrogen-bond donors (Lipinski definition) is 0. The third-order valence-corrected chi connectivity index (χ3v) is 5.12. The highest BCUT2D eigenvalue weighted by Gasteiger charge is 2.30. The molecule has 0 aliphatic carbocycles. The van der Waals surface area contributed by atoms with Gasteiger partial charge >= 0.3 is 0 Å². The number of nitrogens with zero attached hydrogens (tertiary/aromatic N) is 3. The SMILES string of the molecule is CCOc1ccc(-n2c(C(C)N(C)C(=O)C(C)(C)C)nc3ccccc3c2=O)cc1. The summed E-state index contributed by atoms with van der Waals surface area (Å²) in [6, 6.07) is 14.2. The van der Waals surface area contributed by atoms with Gasteiger partial charge in [0.25, 0.3) is 5.56 Å². The maximum absolute atomic E-state index is 13.4. The molecule has 0 radical (unpaired) electrons. The Balaban J connectivity index is 2.21. The molecule has 0 fully saturated rings. The minimum absolute atomic E-state index is 0.0179. The van der Waals surface area contributed by atoms with Crippen LogP contribution in [0.15, 0.2) is 53.3 Å². The molecule has 3 rings (SSSR count). The van der Waals surface area contributed by atoms with Gasteiger partial charge in [0, 0.05) is 12.5 Å². The molecule has 0 bridgehead atoms. The van der Waals surface area contributed by atoms with E-state index in [2.05, 4.69) is 0 Å². The number of fused-ring (bicyclic) bond motifs is 1. The molecule has 30 heavy (non-hydrogen) atoms. The second kappa shape index (κ2) is 8.30. The first-order valence-corrected chi connectivity index (χ1v) is 10.2. The first-order valence-electron chi connectivity index (χ1n) is 10.2. The van der Waals surface area contributed by atoms with Crippen molar-refractivity contribution in [1.29, 1.82) is 0 Å². The maximum Gasteiger partial charge on any atom is 0.266 e. The number of carbonyl (C=O) groups excluding carboxylic acids is 1. The number of amides is 1. The number of aromatic nitrogens is 2. The summed E-state index contributed by atoms with van der Waals surface area (Å²) in [6.07, 6.45) is 0. The number of benzene rings is 2. The van der Waals surface area contributed by atoms with E-state index >= 15 is 0 Å². The lowest BCUT2D eigenvalue weighted by Gasteiger charge is -2.31. The molecule has 1 unspecified atom stereocenters. The van der Waals surface area contributed by atoms with Gasteiger partial charge in [0.05, 0.1) is 29.2 Å². The van der Waals surface area contributed by atoms with E-state index in [0.29, 0.717) is 29.0 Å². The number of ether oxygens (including phenoxy) is 1. The first-order chi connectivity index (χ1) is 14.1. The van der Waals surface area contributed by atoms with Crippen molar-refractivity contribution in [2.75, 3.05) is 13.7 Å². The maximum atomic E-state index is 13.4. The summed E-state index contributed by atoms with van der Waals surface area (Å²) in [6.45, 7) is 10.0. The van der Waals surface area contributed by atoms with E-state index in [1.807, 2.05) is 77.1 Å². The van der Waals surface area contributed by atoms with Gasteiger partial charge < -0.3 is 9.64 Å². The molecule has 1 atom stereocenters. The van der Waals surface area contributed by atoms with Gasteiger partial charge in [0.15, 0.2) is 0 Å². The number of carbonyl (C=O) groups is 1. The van der Waals surface area contributed by atoms with Gasteiger partial charge in [-0.15, -0.1) is 0 Å². The zero-order valence-corrected chi connectivity index (χ0v) is 18.5. The lowest BCUT2D eigenvalue weighted by molar-refractivity contribution is -0.140. The summed E-state index contributed by atoms with van der Waals surface area (Å²) in [5.74, 6) is 1.23. The van der Waals surface area contributed by atoms with Crippen molar-refractivity contribution in [1.82, 2.24) is 14.5 Å². The Kier molecular flexibility index (Phi) is 5.97. The van der Waals surface area contributed by atoms with Crippen molar-refractivity contribution >= 4 is 16.8 Å². The highest BCUT2D eigenvalue weighted by Crippen LogP contribution is 2.26. The Labute approximate surface area is 177 Å². The smallest absolute Gasteiger partial charge is 0.266 e. The zero-order valence-electron chi connectivity index (χ0n) is 18.5. The molecular weight excluding hydrogens is 378 g/mol. The van der Waals surface area contributed by atoms with E-state index in [1.54, 1.807) is 22.6 Å². The van der Waals surface area contributed by atoms with E-state index < -0.39 is 11.5 Å². The van der Waals surface area contributed by atoms with Gasteiger partial charge in [-0.3, -0.25) is 14.2 Å². The molecule has 2 aromatic carbocycles. The van der Waals surface area contributed by atoms with E-state index in [4.69, 9.17) is 9.72 Å². The quantitative estimate of drug-likeness (QED) is 0.631. The van der Waals surface area contributed by atoms with Crippen LogP contribution in [0, 0.1) is 5.41 Å². The number of rotatable bonds is 5. The van der Waals surface area contributed by atoms with Crippen molar-refractivity contribution in [3.05, 3.63) is 64.7 Å². The number of hydrogen-bond acceptors (Lipinski definition) is 4. The molecule has 0 saturated carbocycles. The van der Waals surface area contributed by atoms with Gasteiger partial charge in [-0.2, -0.15) is 0 Å². The van der Waals surface area contributed by atoms with Gasteiger partial charge in [0.1, 0.15) is 11.6 Å². The second-order valence-corrected chi connectivity index (χ2v) is 8.40. The third-order valence-electron chi connectivity index (χ3n) is 5.12. The standard InChI is InChI=1S/C24H29N3O3/c1-7-30-18-14-12-17(13-15-18)27-21(16(2)26(6)23(29)24(3,4)5)25-20-11-9-8-10-19(20)22(27)28/h8-16H,7H2,1-6H3. The van der Waals surface area contributed by atoms with Crippen LogP contribution in [0.4, 0.5) is 0 Å². The average Bonchev–Trinajstić information content (AvgIpc) is 2.72. The van der Waals surface area contributed by atoms with E-state index in [0.717, 1.165) is 5.75 Å². The minimum Gasteiger partial charge on any atom is -0.494 e. The topological polar surface area (TPSA) is 64.4 Å². The molecular formula is C24H29N3O3. The molecule has 0 N–H and O–H groups in total. The highest BCUT2D eigenvalue weighted by molar-refractivity contribution is 5.82. The average molecular weight is 408 g/mol. The van der Waals surface area contributed by atoms with Crippen LogP contribution in [0.1, 0.15) is 46.5 Å². The molecule has 1 heterocycles. The Morgan fingerprint density at radius 2 is 1.77 bits per heavy atom. The monoisotopic (exact) mass is 407 g/mol. The molecule has 1 amide bonds. The van der Waals surface area contributed by atoms with Crippen LogP contribution >= 0.6 is 0 Å². The molecule has 0 spiro atoms. The van der Waals surface area contributed by atoms with Crippen molar-refractivity contribution in [3.8, 4) is 11.4 Å². The number of para-hydroxylation sites is 1. The first kappa shape index (κ1) is 21.6. The highest BCUT2D eigenvalue weighted by atomic mass is 16.5. The van der Waals surface area contributed by atoms with E-state index in [9.17, 15) is 9.59 Å². The third kappa shape index (κ3) is 4.08. The van der Waals surface area contributed by atoms with Gasteiger partial charge in [0.2, 0.25) is 5.91 Å². The molecule has 1 aromatic heterocycles. The summed E-state index contributed by atoms with van der Waals surface area (Å²) in [5.41, 5.74) is 0.593. The van der Waals surface area contributed by atoms with Crippen LogP contribution in [0.2, 0.25) is 0 Å². The van der Waals surface area contributed by atoms with Gasteiger partial charge in [-0.1, -0.05) is 32.9 Å². The molecule has 3 aromatic rings. The summed E-state index contributed by atoms with van der Waals surface area (Å²) >= 11 is 0. The molecule has 158 valence electrons. The predicted molar refractivity (Wildman–Crippen MR) is 119 cm³/mol. The second-order valence-electron chi connectivity index (χ2n) is 8.40. The lowest BCUT2D eigenvalue weighted by Crippen LogP contribution is -2.40. The Hall–Kier alpha value is -3.15. The molecule has 6 nitrogen and oxygen atoms in total. The largest absolute Gasteiger partial charge is 0.494 e. The van der Waals surface area contributed by atoms with Crippen LogP contribution in [-0.4, -0.2) is 34.0 Å². The van der Waals surface area contributed by atoms with Crippen molar-refractivity contribution in [2.24, 2.45) is 5.41 Å². The van der Waals surface area contributed by atoms with Gasteiger partial charge in [-0.25, -0.2) is 4.98 Å². The fourth-order valence-electron chi connectivity index (χ4n) is 3.42. The van der Waals surface area contributed by atoms with Crippen molar-refractivity contribution < 1.29 is 9.53 Å². The Bertz CT molecular complexity index is 1110. The normalized spacial score (nSPS) is 12.6. The lowest BCUT2D eigenvalue weighted by atomic mass is 9.94. The fraction of sp³-hybridized carbons (Fsp3) is 0.375. The molecule has 0 aliphatic rings. The summed E-state index contributed by atoms with van der Waals surface area (Å²) in [7, 11) is 1.75. The van der Waals surface area contributed by atoms with Crippen LogP contribution in [0.25, 0.3) is 16.6 Å². The summed E-state index contributed by atoms with van der Waals surface area (Å²) in [5, 5.41) is 0.534. The summed E-state index contributed by atoms with van der Waals surface area (Å²) in [4.78, 5) is 32.8. The van der Waals surface area contributed by atoms with Crippen LogP contribution in [0.3, 0.4) is 0 Å². The van der Waals surface area contributed by atoms with Crippen molar-refractivity contribution in [2.45, 2.75) is 40.7 Å². The van der Waals surface area contributed by atoms with Crippen LogP contribution in [0.5, 0.6) is 5.75 Å². The fourth-order valence-corrected chi connectivity index (χ4v) is 3.42. The van der Waals surface area contributed by atoms with Crippen molar-refractivity contribution in [3.63, 3.8) is 0 Å². The van der Waals surface area contributed by atoms with E-state index in [-0.39, 0.29) is 11.5 Å². The minimum atomic E-state index is -0.538. The van der Waals surface area contributed by atoms with E-state index in [1.165, 1.54) is 0 Å². The predicted octanol–water partition coefficient (Wildman–Crippen LogP) is 4.35. The molecule has 0 saturated heterocycles. The van der Waals surface area contributed by atoms with Crippen LogP contribution in [-0.2, 0) is 4.79 Å². The zero-order chi connectivity index (χ0) is 22.1. The Morgan fingerprint density at radius 1 is 1.13 bits per heavy atom. The Morgan fingerprint density at radius 3 is 2.37 bits per heavy atom. The van der Waals surface area contributed by atoms with Gasteiger partial charge in [-0.05, 0) is 50.2 Å².